The first-order chi connectivity index (χ1) is 14.8. The largest absolute Gasteiger partial charge is 0.371 e. The lowest BCUT2D eigenvalue weighted by Crippen LogP contribution is -2.24. The van der Waals surface area contributed by atoms with E-state index in [9.17, 15) is 0 Å². The molecule has 0 fully saturated rings. The fourth-order valence-electron chi connectivity index (χ4n) is 4.61. The SMILES string of the molecule is C=CCNC(=S)c1c(-c2ccccc2)c2c3n(c(-c4ccccc4)cn13)CCCC2. The highest BCUT2D eigenvalue weighted by Gasteiger charge is 2.27. The van der Waals surface area contributed by atoms with E-state index in [4.69, 9.17) is 12.2 Å². The van der Waals surface area contributed by atoms with Crippen LogP contribution in [0.25, 0.3) is 28.0 Å². The van der Waals surface area contributed by atoms with Crippen molar-refractivity contribution in [2.45, 2.75) is 25.8 Å². The van der Waals surface area contributed by atoms with E-state index < -0.39 is 0 Å². The first-order valence-corrected chi connectivity index (χ1v) is 11.0. The van der Waals surface area contributed by atoms with Gasteiger partial charge >= 0.3 is 0 Å². The summed E-state index contributed by atoms with van der Waals surface area (Å²) in [6, 6.07) is 21.3. The molecule has 0 atom stereocenters. The number of aromatic nitrogens is 2. The van der Waals surface area contributed by atoms with Crippen molar-refractivity contribution in [1.82, 2.24) is 14.3 Å². The van der Waals surface area contributed by atoms with Gasteiger partial charge in [0.15, 0.2) is 0 Å². The minimum absolute atomic E-state index is 0.655. The van der Waals surface area contributed by atoms with Crippen LogP contribution in [0.3, 0.4) is 0 Å². The molecule has 5 rings (SSSR count). The van der Waals surface area contributed by atoms with Crippen molar-refractivity contribution in [2.75, 3.05) is 6.54 Å². The fourth-order valence-corrected chi connectivity index (χ4v) is 4.90. The minimum atomic E-state index is 0.655. The van der Waals surface area contributed by atoms with E-state index in [1.54, 1.807) is 0 Å². The summed E-state index contributed by atoms with van der Waals surface area (Å²) in [4.78, 5) is 0.771. The molecule has 30 heavy (non-hydrogen) atoms. The smallest absolute Gasteiger partial charge is 0.124 e. The Morgan fingerprint density at radius 2 is 1.70 bits per heavy atom. The van der Waals surface area contributed by atoms with Gasteiger partial charge in [-0.15, -0.1) is 6.58 Å². The predicted molar refractivity (Wildman–Crippen MR) is 129 cm³/mol. The van der Waals surface area contributed by atoms with Gasteiger partial charge in [0.2, 0.25) is 0 Å². The summed E-state index contributed by atoms with van der Waals surface area (Å²) in [6.07, 6.45) is 7.55. The molecule has 2 aromatic heterocycles. The summed E-state index contributed by atoms with van der Waals surface area (Å²) < 4.78 is 4.81. The van der Waals surface area contributed by atoms with E-state index in [0.29, 0.717) is 6.54 Å². The van der Waals surface area contributed by atoms with E-state index in [2.05, 4.69) is 87.7 Å². The Balaban J connectivity index is 1.83. The molecule has 0 aliphatic carbocycles. The molecule has 2 aromatic carbocycles. The monoisotopic (exact) mass is 411 g/mol. The van der Waals surface area contributed by atoms with Gasteiger partial charge in [-0.05, 0) is 30.4 Å². The zero-order chi connectivity index (χ0) is 20.5. The molecular formula is C26H25N3S. The van der Waals surface area contributed by atoms with Crippen LogP contribution in [0.4, 0.5) is 0 Å². The molecule has 1 aliphatic rings. The number of hydrogen-bond donors (Lipinski definition) is 1. The molecule has 0 radical (unpaired) electrons. The number of imidazole rings is 1. The van der Waals surface area contributed by atoms with Crippen molar-refractivity contribution in [2.24, 2.45) is 0 Å². The first kappa shape index (κ1) is 18.9. The maximum absolute atomic E-state index is 5.90. The van der Waals surface area contributed by atoms with E-state index >= 15 is 0 Å². The third kappa shape index (κ3) is 3.08. The number of benzene rings is 2. The van der Waals surface area contributed by atoms with E-state index in [0.717, 1.165) is 23.6 Å². The highest BCUT2D eigenvalue weighted by Crippen LogP contribution is 2.39. The number of nitrogens with one attached hydrogen (secondary N) is 1. The maximum atomic E-state index is 5.90. The minimum Gasteiger partial charge on any atom is -0.371 e. The summed E-state index contributed by atoms with van der Waals surface area (Å²) in [6.45, 7) is 5.52. The van der Waals surface area contributed by atoms with Crippen molar-refractivity contribution in [3.05, 3.63) is 90.8 Å². The Bertz CT molecular complexity index is 1220. The number of hydrogen-bond acceptors (Lipinski definition) is 1. The van der Waals surface area contributed by atoms with Crippen LogP contribution in [-0.4, -0.2) is 20.5 Å². The van der Waals surface area contributed by atoms with Crippen molar-refractivity contribution >= 4 is 22.9 Å². The molecule has 0 saturated heterocycles. The molecule has 1 aliphatic heterocycles. The molecule has 0 bridgehead atoms. The van der Waals surface area contributed by atoms with Crippen molar-refractivity contribution < 1.29 is 0 Å². The van der Waals surface area contributed by atoms with Crippen LogP contribution in [0.15, 0.2) is 79.5 Å². The number of aryl methyl sites for hydroxylation is 2. The Labute approximate surface area is 182 Å². The van der Waals surface area contributed by atoms with E-state index in [-0.39, 0.29) is 0 Å². The molecule has 150 valence electrons. The van der Waals surface area contributed by atoms with Gasteiger partial charge in [0.1, 0.15) is 10.6 Å². The van der Waals surface area contributed by atoms with Gasteiger partial charge in [-0.1, -0.05) is 79.0 Å². The average molecular weight is 412 g/mol. The summed E-state index contributed by atoms with van der Waals surface area (Å²) in [5.74, 6) is 0. The molecule has 0 amide bonds. The molecule has 4 heteroatoms. The first-order valence-electron chi connectivity index (χ1n) is 10.6. The summed E-state index contributed by atoms with van der Waals surface area (Å²) in [5, 5.41) is 3.38. The second kappa shape index (κ2) is 7.96. The molecule has 3 heterocycles. The summed E-state index contributed by atoms with van der Waals surface area (Å²) >= 11 is 5.90. The topological polar surface area (TPSA) is 21.4 Å². The lowest BCUT2D eigenvalue weighted by molar-refractivity contribution is 0.647. The van der Waals surface area contributed by atoms with Gasteiger partial charge in [0.25, 0.3) is 0 Å². The highest BCUT2D eigenvalue weighted by atomic mass is 32.1. The molecular weight excluding hydrogens is 386 g/mol. The standard InChI is InChI=1S/C26H25N3S/c1-2-16-27-25(30)24-23(20-13-7-4-8-14-20)21-15-9-10-17-28-22(18-29(24)26(21)28)19-11-5-3-6-12-19/h2-8,11-14,18H,1,9-10,15-17H2,(H,27,30). The lowest BCUT2D eigenvalue weighted by atomic mass is 9.98. The van der Waals surface area contributed by atoms with Gasteiger partial charge in [0, 0.05) is 30.4 Å². The van der Waals surface area contributed by atoms with Crippen molar-refractivity contribution in [3.8, 4) is 22.4 Å². The molecule has 4 aromatic rings. The molecule has 3 nitrogen and oxygen atoms in total. The Hall–Kier alpha value is -3.11. The van der Waals surface area contributed by atoms with Crippen LogP contribution >= 0.6 is 12.2 Å². The predicted octanol–water partition coefficient (Wildman–Crippen LogP) is 5.86. The van der Waals surface area contributed by atoms with Gasteiger partial charge in [0.05, 0.1) is 11.4 Å². The molecule has 0 spiro atoms. The van der Waals surface area contributed by atoms with E-state index in [1.807, 2.05) is 6.08 Å². The van der Waals surface area contributed by atoms with Gasteiger partial charge in [-0.25, -0.2) is 0 Å². The van der Waals surface area contributed by atoms with Crippen molar-refractivity contribution in [1.29, 1.82) is 0 Å². The normalized spacial score (nSPS) is 13.2. The van der Waals surface area contributed by atoms with Crippen LogP contribution in [0, 0.1) is 0 Å². The third-order valence-electron chi connectivity index (χ3n) is 5.89. The Morgan fingerprint density at radius 1 is 1.00 bits per heavy atom. The highest BCUT2D eigenvalue weighted by molar-refractivity contribution is 7.80. The fraction of sp³-hybridized carbons (Fsp3) is 0.192. The zero-order valence-electron chi connectivity index (χ0n) is 17.0. The molecule has 0 saturated carbocycles. The van der Waals surface area contributed by atoms with Crippen LogP contribution in [0.5, 0.6) is 0 Å². The lowest BCUT2D eigenvalue weighted by Gasteiger charge is -2.11. The van der Waals surface area contributed by atoms with Gasteiger partial charge in [-0.2, -0.15) is 0 Å². The second-order valence-corrected chi connectivity index (χ2v) is 8.16. The van der Waals surface area contributed by atoms with Crippen molar-refractivity contribution in [3.63, 3.8) is 0 Å². The van der Waals surface area contributed by atoms with Crippen LogP contribution in [0.1, 0.15) is 24.1 Å². The third-order valence-corrected chi connectivity index (χ3v) is 6.23. The Morgan fingerprint density at radius 3 is 2.40 bits per heavy atom. The second-order valence-electron chi connectivity index (χ2n) is 7.75. The maximum Gasteiger partial charge on any atom is 0.124 e. The van der Waals surface area contributed by atoms with Crippen LogP contribution < -0.4 is 5.32 Å². The molecule has 0 unspecified atom stereocenters. The summed E-state index contributed by atoms with van der Waals surface area (Å²) in [5.41, 5.74) is 8.75. The molecule has 1 N–H and O–H groups in total. The van der Waals surface area contributed by atoms with Gasteiger partial charge in [-0.3, -0.25) is 4.40 Å². The zero-order valence-corrected chi connectivity index (χ0v) is 17.8. The quantitative estimate of drug-likeness (QED) is 0.328. The van der Waals surface area contributed by atoms with E-state index in [1.165, 1.54) is 46.4 Å². The van der Waals surface area contributed by atoms with Gasteiger partial charge < -0.3 is 9.88 Å². The van der Waals surface area contributed by atoms with Crippen LogP contribution in [0.2, 0.25) is 0 Å². The summed E-state index contributed by atoms with van der Waals surface area (Å²) in [7, 11) is 0. The average Bonchev–Trinajstić information content (AvgIpc) is 3.21. The number of nitrogens with zero attached hydrogens (tertiary/aromatic N) is 2. The number of rotatable bonds is 5. The Kier molecular flexibility index (Phi) is 5.01. The van der Waals surface area contributed by atoms with Crippen LogP contribution in [-0.2, 0) is 13.0 Å². The number of thiocarbonyl (C=S) groups is 1.